The Kier molecular flexibility index (Phi) is 4.98. The molecule has 0 aromatic heterocycles. The Hall–Kier alpha value is -0.580. The van der Waals surface area contributed by atoms with Crippen LogP contribution in [0.15, 0.2) is 24.3 Å². The summed E-state index contributed by atoms with van der Waals surface area (Å²) in [5.41, 5.74) is 6.52. The first-order valence-electron chi connectivity index (χ1n) is 5.50. The van der Waals surface area contributed by atoms with Gasteiger partial charge in [-0.15, -0.1) is 0 Å². The summed E-state index contributed by atoms with van der Waals surface area (Å²) in [4.78, 5) is 0. The molecule has 96 valence electrons. The predicted molar refractivity (Wildman–Crippen MR) is 71.8 cm³/mol. The van der Waals surface area contributed by atoms with Crippen LogP contribution < -0.4 is 5.73 Å². The zero-order chi connectivity index (χ0) is 13.1. The normalized spacial score (nSPS) is 13.9. The number of sulfone groups is 1. The summed E-state index contributed by atoms with van der Waals surface area (Å²) in [6.45, 7) is 3.84. The van der Waals surface area contributed by atoms with Gasteiger partial charge in [-0.3, -0.25) is 0 Å². The molecule has 0 amide bonds. The van der Waals surface area contributed by atoms with Crippen molar-refractivity contribution in [2.45, 2.75) is 25.6 Å². The number of halogens is 1. The molecule has 2 N–H and O–H groups in total. The lowest BCUT2D eigenvalue weighted by Gasteiger charge is -2.15. The zero-order valence-electron chi connectivity index (χ0n) is 10.1. The van der Waals surface area contributed by atoms with Gasteiger partial charge >= 0.3 is 0 Å². The average Bonchev–Trinajstić information content (AvgIpc) is 2.20. The molecule has 0 radical (unpaired) electrons. The second-order valence-corrected chi connectivity index (χ2v) is 7.13. The van der Waals surface area contributed by atoms with Crippen molar-refractivity contribution in [1.29, 1.82) is 0 Å². The van der Waals surface area contributed by atoms with Crippen molar-refractivity contribution in [2.75, 3.05) is 5.75 Å². The molecule has 17 heavy (non-hydrogen) atoms. The second kappa shape index (κ2) is 5.85. The highest BCUT2D eigenvalue weighted by Crippen LogP contribution is 2.13. The Balaban J connectivity index is 2.70. The maximum absolute atomic E-state index is 11.9. The van der Waals surface area contributed by atoms with Crippen LogP contribution in [0.4, 0.5) is 0 Å². The van der Waals surface area contributed by atoms with Crippen molar-refractivity contribution in [3.05, 3.63) is 34.9 Å². The summed E-state index contributed by atoms with van der Waals surface area (Å²) in [5, 5.41) is 0.602. The third kappa shape index (κ3) is 5.06. The highest BCUT2D eigenvalue weighted by Gasteiger charge is 2.19. The van der Waals surface area contributed by atoms with E-state index >= 15 is 0 Å². The van der Waals surface area contributed by atoms with Crippen LogP contribution in [-0.2, 0) is 15.6 Å². The molecule has 1 atom stereocenters. The fraction of sp³-hybridized carbons (Fsp3) is 0.500. The van der Waals surface area contributed by atoms with E-state index in [2.05, 4.69) is 0 Å². The van der Waals surface area contributed by atoms with E-state index in [1.807, 2.05) is 13.8 Å². The molecular weight excluding hydrogens is 258 g/mol. The van der Waals surface area contributed by atoms with E-state index in [1.165, 1.54) is 0 Å². The van der Waals surface area contributed by atoms with Crippen molar-refractivity contribution in [2.24, 2.45) is 11.7 Å². The number of rotatable bonds is 5. The van der Waals surface area contributed by atoms with Gasteiger partial charge in [-0.2, -0.15) is 0 Å². The van der Waals surface area contributed by atoms with E-state index in [4.69, 9.17) is 17.3 Å². The smallest absolute Gasteiger partial charge is 0.155 e. The maximum Gasteiger partial charge on any atom is 0.155 e. The topological polar surface area (TPSA) is 60.2 Å². The summed E-state index contributed by atoms with van der Waals surface area (Å²) in [6.07, 6.45) is 0. The molecule has 0 saturated heterocycles. The molecule has 1 aromatic rings. The summed E-state index contributed by atoms with van der Waals surface area (Å²) in [7, 11) is -3.16. The molecule has 0 heterocycles. The summed E-state index contributed by atoms with van der Waals surface area (Å²) >= 11 is 5.74. The minimum Gasteiger partial charge on any atom is -0.327 e. The Morgan fingerprint density at radius 1 is 1.24 bits per heavy atom. The van der Waals surface area contributed by atoms with Crippen LogP contribution in [0.3, 0.4) is 0 Å². The average molecular weight is 276 g/mol. The van der Waals surface area contributed by atoms with Crippen LogP contribution in [0, 0.1) is 5.92 Å². The molecule has 0 saturated carbocycles. The van der Waals surface area contributed by atoms with Gasteiger partial charge in [-0.25, -0.2) is 8.42 Å². The first-order valence-corrected chi connectivity index (χ1v) is 7.70. The predicted octanol–water partition coefficient (Wildman–Crippen LogP) is 2.24. The zero-order valence-corrected chi connectivity index (χ0v) is 11.6. The SMILES string of the molecule is CC(C)C(N)CS(=O)(=O)Cc1ccc(Cl)cc1. The lowest BCUT2D eigenvalue weighted by molar-refractivity contribution is 0.516. The van der Waals surface area contributed by atoms with Crippen molar-refractivity contribution < 1.29 is 8.42 Å². The molecular formula is C12H18ClNO2S. The largest absolute Gasteiger partial charge is 0.327 e. The van der Waals surface area contributed by atoms with E-state index < -0.39 is 9.84 Å². The Bertz CT molecular complexity index is 454. The first kappa shape index (κ1) is 14.5. The molecule has 0 aliphatic carbocycles. The molecule has 1 rings (SSSR count). The van der Waals surface area contributed by atoms with Gasteiger partial charge in [-0.1, -0.05) is 37.6 Å². The van der Waals surface area contributed by atoms with Gasteiger partial charge in [0.05, 0.1) is 11.5 Å². The van der Waals surface area contributed by atoms with E-state index in [0.29, 0.717) is 5.02 Å². The molecule has 1 aromatic carbocycles. The molecule has 5 heteroatoms. The molecule has 0 spiro atoms. The molecule has 3 nitrogen and oxygen atoms in total. The third-order valence-electron chi connectivity index (χ3n) is 2.60. The highest BCUT2D eigenvalue weighted by molar-refractivity contribution is 7.90. The van der Waals surface area contributed by atoms with Gasteiger partial charge < -0.3 is 5.73 Å². The maximum atomic E-state index is 11.9. The van der Waals surface area contributed by atoms with Gasteiger partial charge in [0.25, 0.3) is 0 Å². The summed E-state index contributed by atoms with van der Waals surface area (Å²) in [5.74, 6) is 0.202. The minimum atomic E-state index is -3.16. The monoisotopic (exact) mass is 275 g/mol. The van der Waals surface area contributed by atoms with Crippen LogP contribution in [0.1, 0.15) is 19.4 Å². The van der Waals surface area contributed by atoms with E-state index in [0.717, 1.165) is 5.56 Å². The molecule has 1 unspecified atom stereocenters. The fourth-order valence-corrected chi connectivity index (χ4v) is 3.29. The van der Waals surface area contributed by atoms with E-state index in [-0.39, 0.29) is 23.5 Å². The van der Waals surface area contributed by atoms with Crippen molar-refractivity contribution in [3.8, 4) is 0 Å². The van der Waals surface area contributed by atoms with E-state index in [9.17, 15) is 8.42 Å². The first-order chi connectivity index (χ1) is 7.80. The quantitative estimate of drug-likeness (QED) is 0.896. The van der Waals surface area contributed by atoms with Gasteiger partial charge in [0.2, 0.25) is 0 Å². The Morgan fingerprint density at radius 3 is 2.24 bits per heavy atom. The van der Waals surface area contributed by atoms with Crippen LogP contribution in [0.2, 0.25) is 5.02 Å². The lowest BCUT2D eigenvalue weighted by Crippen LogP contribution is -2.34. The minimum absolute atomic E-state index is 0.0184. The molecule has 0 fully saturated rings. The van der Waals surface area contributed by atoms with Crippen LogP contribution in [0.5, 0.6) is 0 Å². The van der Waals surface area contributed by atoms with Gasteiger partial charge in [-0.05, 0) is 23.6 Å². The van der Waals surface area contributed by atoms with Crippen molar-refractivity contribution in [1.82, 2.24) is 0 Å². The van der Waals surface area contributed by atoms with Gasteiger partial charge in [0, 0.05) is 11.1 Å². The Labute approximate surface area is 108 Å². The standard InChI is InChI=1S/C12H18ClNO2S/c1-9(2)12(14)8-17(15,16)7-10-3-5-11(13)6-4-10/h3-6,9,12H,7-8,14H2,1-2H3. The molecule has 0 aliphatic rings. The van der Waals surface area contributed by atoms with Gasteiger partial charge in [0.15, 0.2) is 9.84 Å². The number of benzene rings is 1. The van der Waals surface area contributed by atoms with Gasteiger partial charge in [0.1, 0.15) is 0 Å². The Morgan fingerprint density at radius 2 is 1.76 bits per heavy atom. The number of nitrogens with two attached hydrogens (primary N) is 1. The highest BCUT2D eigenvalue weighted by atomic mass is 35.5. The van der Waals surface area contributed by atoms with Crippen LogP contribution >= 0.6 is 11.6 Å². The summed E-state index contributed by atoms with van der Waals surface area (Å²) < 4.78 is 23.8. The second-order valence-electron chi connectivity index (χ2n) is 4.59. The van der Waals surface area contributed by atoms with Crippen LogP contribution in [-0.4, -0.2) is 20.2 Å². The third-order valence-corrected chi connectivity index (χ3v) is 4.52. The van der Waals surface area contributed by atoms with Crippen LogP contribution in [0.25, 0.3) is 0 Å². The fourth-order valence-electron chi connectivity index (χ4n) is 1.38. The lowest BCUT2D eigenvalue weighted by atomic mass is 10.1. The van der Waals surface area contributed by atoms with Crippen molar-refractivity contribution >= 4 is 21.4 Å². The number of hydrogen-bond donors (Lipinski definition) is 1. The summed E-state index contributed by atoms with van der Waals surface area (Å²) in [6, 6.07) is 6.51. The molecule has 0 aliphatic heterocycles. The van der Waals surface area contributed by atoms with E-state index in [1.54, 1.807) is 24.3 Å². The number of hydrogen-bond acceptors (Lipinski definition) is 3. The molecule has 0 bridgehead atoms. The van der Waals surface area contributed by atoms with Crippen molar-refractivity contribution in [3.63, 3.8) is 0 Å².